The van der Waals surface area contributed by atoms with Crippen molar-refractivity contribution in [3.8, 4) is 0 Å². The molecule has 1 aromatic rings. The summed E-state index contributed by atoms with van der Waals surface area (Å²) in [6.45, 7) is 2.47. The maximum absolute atomic E-state index is 13.0. The van der Waals surface area contributed by atoms with Crippen molar-refractivity contribution in [2.75, 3.05) is 6.54 Å². The zero-order valence-corrected chi connectivity index (χ0v) is 12.0. The Labute approximate surface area is 117 Å². The first kappa shape index (κ1) is 16.6. The standard InChI is InChI=1S/C13H18FNO4S/c1-2-3-4-5-8-15-13(16)11-7-6-10(14)9-12(11)20(17,18)19/h6-7,9H,2-5,8H2,1H3,(H,15,16)(H,17,18,19). The van der Waals surface area contributed by atoms with Gasteiger partial charge in [0.25, 0.3) is 16.0 Å². The fourth-order valence-corrected chi connectivity index (χ4v) is 2.45. The molecule has 0 unspecified atom stereocenters. The van der Waals surface area contributed by atoms with Crippen LogP contribution in [0, 0.1) is 5.82 Å². The molecule has 0 radical (unpaired) electrons. The van der Waals surface area contributed by atoms with Crippen molar-refractivity contribution in [3.05, 3.63) is 29.6 Å². The van der Waals surface area contributed by atoms with Crippen LogP contribution in [0.15, 0.2) is 23.1 Å². The van der Waals surface area contributed by atoms with Crippen molar-refractivity contribution in [2.24, 2.45) is 0 Å². The number of rotatable bonds is 7. The summed E-state index contributed by atoms with van der Waals surface area (Å²) in [7, 11) is -4.64. The van der Waals surface area contributed by atoms with Gasteiger partial charge in [0.15, 0.2) is 0 Å². The number of halogens is 1. The first-order valence-corrected chi connectivity index (χ1v) is 7.85. The van der Waals surface area contributed by atoms with E-state index in [9.17, 15) is 17.6 Å². The Kier molecular flexibility index (Phi) is 6.09. The maximum atomic E-state index is 13.0. The van der Waals surface area contributed by atoms with Crippen LogP contribution >= 0.6 is 0 Å². The summed E-state index contributed by atoms with van der Waals surface area (Å²) in [5.41, 5.74) is -0.260. The average Bonchev–Trinajstić information content (AvgIpc) is 2.37. The molecule has 20 heavy (non-hydrogen) atoms. The number of hydrogen-bond acceptors (Lipinski definition) is 3. The third-order valence-electron chi connectivity index (χ3n) is 2.78. The summed E-state index contributed by atoms with van der Waals surface area (Å²) in [6.07, 6.45) is 3.87. The summed E-state index contributed by atoms with van der Waals surface area (Å²) < 4.78 is 44.3. The van der Waals surface area contributed by atoms with Crippen LogP contribution in [-0.2, 0) is 10.1 Å². The second-order valence-corrected chi connectivity index (χ2v) is 5.82. The van der Waals surface area contributed by atoms with Crippen LogP contribution in [0.3, 0.4) is 0 Å². The Morgan fingerprint density at radius 3 is 2.60 bits per heavy atom. The summed E-state index contributed by atoms with van der Waals surface area (Å²) >= 11 is 0. The average molecular weight is 303 g/mol. The number of carbonyl (C=O) groups excluding carboxylic acids is 1. The van der Waals surface area contributed by atoms with E-state index < -0.39 is 26.7 Å². The van der Waals surface area contributed by atoms with E-state index in [-0.39, 0.29) is 5.56 Å². The normalized spacial score (nSPS) is 11.3. The van der Waals surface area contributed by atoms with Crippen LogP contribution in [0.4, 0.5) is 4.39 Å². The van der Waals surface area contributed by atoms with Crippen LogP contribution in [0.5, 0.6) is 0 Å². The second-order valence-electron chi connectivity index (χ2n) is 4.43. The van der Waals surface area contributed by atoms with Gasteiger partial charge in [0.2, 0.25) is 0 Å². The van der Waals surface area contributed by atoms with Gasteiger partial charge in [0, 0.05) is 6.54 Å². The molecule has 0 heterocycles. The van der Waals surface area contributed by atoms with Crippen molar-refractivity contribution in [1.82, 2.24) is 5.32 Å². The smallest absolute Gasteiger partial charge is 0.295 e. The van der Waals surface area contributed by atoms with E-state index in [1.807, 2.05) is 0 Å². The minimum absolute atomic E-state index is 0.260. The van der Waals surface area contributed by atoms with Gasteiger partial charge in [0.1, 0.15) is 10.7 Å². The fourth-order valence-electron chi connectivity index (χ4n) is 1.75. The monoisotopic (exact) mass is 303 g/mol. The highest BCUT2D eigenvalue weighted by molar-refractivity contribution is 7.86. The van der Waals surface area contributed by atoms with Gasteiger partial charge in [0.05, 0.1) is 5.56 Å². The molecule has 0 spiro atoms. The number of benzene rings is 1. The highest BCUT2D eigenvalue weighted by atomic mass is 32.2. The van der Waals surface area contributed by atoms with Crippen molar-refractivity contribution >= 4 is 16.0 Å². The molecule has 112 valence electrons. The zero-order valence-electron chi connectivity index (χ0n) is 11.2. The molecule has 0 saturated carbocycles. The molecule has 2 N–H and O–H groups in total. The van der Waals surface area contributed by atoms with Crippen LogP contribution in [0.1, 0.15) is 43.0 Å². The summed E-state index contributed by atoms with van der Waals surface area (Å²) in [6, 6.07) is 2.64. The quantitative estimate of drug-likeness (QED) is 0.598. The molecule has 1 amide bonds. The maximum Gasteiger partial charge on any atom is 0.295 e. The minimum atomic E-state index is -4.64. The summed E-state index contributed by atoms with van der Waals surface area (Å²) in [5.74, 6) is -1.48. The lowest BCUT2D eigenvalue weighted by molar-refractivity contribution is 0.0949. The van der Waals surface area contributed by atoms with Gasteiger partial charge in [-0.25, -0.2) is 4.39 Å². The van der Waals surface area contributed by atoms with E-state index in [1.165, 1.54) is 0 Å². The molecule has 0 aliphatic heterocycles. The summed E-state index contributed by atoms with van der Waals surface area (Å²) in [5, 5.41) is 2.55. The Morgan fingerprint density at radius 1 is 1.30 bits per heavy atom. The lowest BCUT2D eigenvalue weighted by Gasteiger charge is -2.08. The molecule has 0 saturated heterocycles. The van der Waals surface area contributed by atoms with Gasteiger partial charge < -0.3 is 5.32 Å². The van der Waals surface area contributed by atoms with Crippen LogP contribution in [0.25, 0.3) is 0 Å². The number of amides is 1. The molecule has 0 fully saturated rings. The Bertz CT molecular complexity index is 572. The first-order valence-electron chi connectivity index (χ1n) is 6.41. The van der Waals surface area contributed by atoms with Crippen LogP contribution in [0.2, 0.25) is 0 Å². The van der Waals surface area contributed by atoms with Gasteiger partial charge in [-0.3, -0.25) is 9.35 Å². The summed E-state index contributed by atoms with van der Waals surface area (Å²) in [4.78, 5) is 11.1. The second kappa shape index (κ2) is 7.35. The molecule has 7 heteroatoms. The molecule has 0 aliphatic carbocycles. The van der Waals surface area contributed by atoms with E-state index >= 15 is 0 Å². The van der Waals surface area contributed by atoms with Crippen molar-refractivity contribution < 1.29 is 22.2 Å². The van der Waals surface area contributed by atoms with Gasteiger partial charge >= 0.3 is 0 Å². The SMILES string of the molecule is CCCCCCNC(=O)c1ccc(F)cc1S(=O)(=O)O. The van der Waals surface area contributed by atoms with Gasteiger partial charge in [-0.05, 0) is 24.6 Å². The van der Waals surface area contributed by atoms with Crippen molar-refractivity contribution in [1.29, 1.82) is 0 Å². The molecule has 0 atom stereocenters. The lowest BCUT2D eigenvalue weighted by atomic mass is 10.2. The highest BCUT2D eigenvalue weighted by Crippen LogP contribution is 2.17. The van der Waals surface area contributed by atoms with E-state index in [1.54, 1.807) is 0 Å². The van der Waals surface area contributed by atoms with E-state index in [2.05, 4.69) is 12.2 Å². The zero-order chi connectivity index (χ0) is 15.2. The third kappa shape index (κ3) is 4.90. The van der Waals surface area contributed by atoms with Gasteiger partial charge in [-0.2, -0.15) is 8.42 Å². The number of hydrogen-bond donors (Lipinski definition) is 2. The molecule has 5 nitrogen and oxygen atoms in total. The number of unbranched alkanes of at least 4 members (excludes halogenated alkanes) is 3. The minimum Gasteiger partial charge on any atom is -0.352 e. The lowest BCUT2D eigenvalue weighted by Crippen LogP contribution is -2.26. The topological polar surface area (TPSA) is 83.5 Å². The molecule has 0 bridgehead atoms. The van der Waals surface area contributed by atoms with E-state index in [4.69, 9.17) is 4.55 Å². The first-order chi connectivity index (χ1) is 9.36. The number of nitrogens with one attached hydrogen (secondary N) is 1. The van der Waals surface area contributed by atoms with Crippen molar-refractivity contribution in [3.63, 3.8) is 0 Å². The van der Waals surface area contributed by atoms with Crippen LogP contribution in [-0.4, -0.2) is 25.4 Å². The fraction of sp³-hybridized carbons (Fsp3) is 0.462. The molecule has 0 aliphatic rings. The predicted octanol–water partition coefficient (Wildman–Crippen LogP) is 2.38. The Hall–Kier alpha value is -1.47. The van der Waals surface area contributed by atoms with Gasteiger partial charge in [-0.1, -0.05) is 26.2 Å². The van der Waals surface area contributed by atoms with E-state index in [0.29, 0.717) is 12.6 Å². The van der Waals surface area contributed by atoms with E-state index in [0.717, 1.165) is 37.8 Å². The highest BCUT2D eigenvalue weighted by Gasteiger charge is 2.21. The predicted molar refractivity (Wildman–Crippen MR) is 72.7 cm³/mol. The number of carbonyl (C=O) groups is 1. The molecule has 1 aromatic carbocycles. The molecule has 0 aromatic heterocycles. The largest absolute Gasteiger partial charge is 0.352 e. The molecular weight excluding hydrogens is 285 g/mol. The van der Waals surface area contributed by atoms with Crippen molar-refractivity contribution in [2.45, 2.75) is 37.5 Å². The Morgan fingerprint density at radius 2 is 2.00 bits per heavy atom. The third-order valence-corrected chi connectivity index (χ3v) is 3.68. The Balaban J connectivity index is 2.78. The molecule has 1 rings (SSSR count). The van der Waals surface area contributed by atoms with Gasteiger partial charge in [-0.15, -0.1) is 0 Å². The van der Waals surface area contributed by atoms with Crippen LogP contribution < -0.4 is 5.32 Å². The molecular formula is C13H18FNO4S.